The Kier molecular flexibility index (Phi) is 7.45. The number of benzene rings is 1. The summed E-state index contributed by atoms with van der Waals surface area (Å²) in [6.07, 6.45) is 10.6. The van der Waals surface area contributed by atoms with Crippen molar-refractivity contribution < 1.29 is 8.78 Å². The topological polar surface area (TPSA) is 12.9 Å². The van der Waals surface area contributed by atoms with Gasteiger partial charge in [-0.15, -0.1) is 0 Å². The van der Waals surface area contributed by atoms with Crippen molar-refractivity contribution in [1.29, 1.82) is 0 Å². The summed E-state index contributed by atoms with van der Waals surface area (Å²) >= 11 is 5.83. The van der Waals surface area contributed by atoms with Crippen LogP contribution in [0.25, 0.3) is 0 Å². The van der Waals surface area contributed by atoms with E-state index >= 15 is 0 Å². The van der Waals surface area contributed by atoms with E-state index in [9.17, 15) is 8.78 Å². The summed E-state index contributed by atoms with van der Waals surface area (Å²) in [7, 11) is 0. The SMILES string of the molecule is CCCCCC1CCC(c2ccc(C#Cc3cc(F)c(F)nc3Cl)cc2)CC1. The van der Waals surface area contributed by atoms with Crippen molar-refractivity contribution in [2.75, 3.05) is 0 Å². The van der Waals surface area contributed by atoms with E-state index in [2.05, 4.69) is 35.9 Å². The average molecular weight is 402 g/mol. The van der Waals surface area contributed by atoms with Crippen LogP contribution in [-0.4, -0.2) is 4.98 Å². The van der Waals surface area contributed by atoms with Gasteiger partial charge in [-0.05, 0) is 61.3 Å². The van der Waals surface area contributed by atoms with Gasteiger partial charge >= 0.3 is 0 Å². The van der Waals surface area contributed by atoms with E-state index in [4.69, 9.17) is 11.6 Å². The van der Waals surface area contributed by atoms with E-state index in [1.54, 1.807) is 0 Å². The number of nitrogens with zero attached hydrogens (tertiary/aromatic N) is 1. The molecule has 2 aromatic rings. The molecule has 0 saturated heterocycles. The molecule has 1 fully saturated rings. The van der Waals surface area contributed by atoms with Gasteiger partial charge in [0.1, 0.15) is 5.15 Å². The Hall–Kier alpha value is -1.92. The molecule has 1 aliphatic rings. The fourth-order valence-electron chi connectivity index (χ4n) is 3.98. The molecule has 0 amide bonds. The molecular weight excluding hydrogens is 376 g/mol. The fraction of sp³-hybridized carbons (Fsp3) is 0.458. The highest BCUT2D eigenvalue weighted by Gasteiger charge is 2.21. The molecule has 0 atom stereocenters. The molecule has 0 spiro atoms. The lowest BCUT2D eigenvalue weighted by atomic mass is 9.77. The fourth-order valence-corrected chi connectivity index (χ4v) is 4.15. The summed E-state index contributed by atoms with van der Waals surface area (Å²) in [6, 6.07) is 9.22. The first-order valence-electron chi connectivity index (χ1n) is 10.2. The molecule has 1 aromatic heterocycles. The molecule has 1 heterocycles. The smallest absolute Gasteiger partial charge is 0.204 e. The average Bonchev–Trinajstić information content (AvgIpc) is 2.71. The van der Waals surface area contributed by atoms with Crippen molar-refractivity contribution in [1.82, 2.24) is 4.98 Å². The molecule has 4 heteroatoms. The Morgan fingerprint density at radius 2 is 1.75 bits per heavy atom. The summed E-state index contributed by atoms with van der Waals surface area (Å²) in [6.45, 7) is 2.26. The van der Waals surface area contributed by atoms with Crippen LogP contribution in [0.4, 0.5) is 8.78 Å². The third kappa shape index (κ3) is 5.55. The molecular formula is C24H26ClF2N. The number of hydrogen-bond donors (Lipinski definition) is 0. The molecule has 28 heavy (non-hydrogen) atoms. The van der Waals surface area contributed by atoms with E-state index < -0.39 is 11.8 Å². The highest BCUT2D eigenvalue weighted by atomic mass is 35.5. The maximum Gasteiger partial charge on any atom is 0.250 e. The van der Waals surface area contributed by atoms with Crippen molar-refractivity contribution >= 4 is 11.6 Å². The van der Waals surface area contributed by atoms with Crippen LogP contribution in [0.1, 0.15) is 80.9 Å². The van der Waals surface area contributed by atoms with Crippen LogP contribution in [0.3, 0.4) is 0 Å². The van der Waals surface area contributed by atoms with Crippen LogP contribution in [0, 0.1) is 29.5 Å². The molecule has 1 aliphatic carbocycles. The number of aromatic nitrogens is 1. The Morgan fingerprint density at radius 3 is 2.43 bits per heavy atom. The minimum atomic E-state index is -1.21. The van der Waals surface area contributed by atoms with Crippen molar-refractivity contribution in [2.24, 2.45) is 5.92 Å². The van der Waals surface area contributed by atoms with Crippen molar-refractivity contribution in [3.8, 4) is 11.8 Å². The minimum Gasteiger partial charge on any atom is -0.204 e. The number of hydrogen-bond acceptors (Lipinski definition) is 1. The molecule has 3 rings (SSSR count). The van der Waals surface area contributed by atoms with Gasteiger partial charge in [-0.25, -0.2) is 9.37 Å². The summed E-state index contributed by atoms with van der Waals surface area (Å²) in [5.41, 5.74) is 2.37. The first-order chi connectivity index (χ1) is 13.6. The number of rotatable bonds is 5. The highest BCUT2D eigenvalue weighted by Crippen LogP contribution is 2.37. The van der Waals surface area contributed by atoms with Gasteiger partial charge in [-0.1, -0.05) is 68.2 Å². The second-order valence-electron chi connectivity index (χ2n) is 7.68. The zero-order valence-corrected chi connectivity index (χ0v) is 17.0. The van der Waals surface area contributed by atoms with Crippen LogP contribution in [0.15, 0.2) is 30.3 Å². The molecule has 0 aliphatic heterocycles. The second-order valence-corrected chi connectivity index (χ2v) is 8.04. The van der Waals surface area contributed by atoms with Gasteiger partial charge in [0.2, 0.25) is 5.95 Å². The lowest BCUT2D eigenvalue weighted by molar-refractivity contribution is 0.303. The third-order valence-electron chi connectivity index (χ3n) is 5.67. The number of halogens is 3. The van der Waals surface area contributed by atoms with Crippen LogP contribution < -0.4 is 0 Å². The summed E-state index contributed by atoms with van der Waals surface area (Å²) in [4.78, 5) is 3.31. The highest BCUT2D eigenvalue weighted by molar-refractivity contribution is 6.30. The zero-order valence-electron chi connectivity index (χ0n) is 16.3. The molecule has 0 radical (unpaired) electrons. The van der Waals surface area contributed by atoms with Crippen LogP contribution in [0.5, 0.6) is 0 Å². The maximum absolute atomic E-state index is 13.3. The van der Waals surface area contributed by atoms with Crippen molar-refractivity contribution in [2.45, 2.75) is 64.2 Å². The molecule has 0 bridgehead atoms. The third-order valence-corrected chi connectivity index (χ3v) is 5.96. The van der Waals surface area contributed by atoms with Gasteiger partial charge in [0, 0.05) is 5.56 Å². The second kappa shape index (κ2) is 10.0. The molecule has 1 nitrogen and oxygen atoms in total. The van der Waals surface area contributed by atoms with Crippen LogP contribution in [0.2, 0.25) is 5.15 Å². The first kappa shape index (κ1) is 20.8. The van der Waals surface area contributed by atoms with Gasteiger partial charge < -0.3 is 0 Å². The van der Waals surface area contributed by atoms with Gasteiger partial charge in [0.05, 0.1) is 5.56 Å². The summed E-state index contributed by atoms with van der Waals surface area (Å²) in [5, 5.41) is -0.126. The predicted molar refractivity (Wildman–Crippen MR) is 110 cm³/mol. The maximum atomic E-state index is 13.3. The van der Waals surface area contributed by atoms with Gasteiger partial charge in [-0.2, -0.15) is 4.39 Å². The van der Waals surface area contributed by atoms with Gasteiger partial charge in [-0.3, -0.25) is 0 Å². The predicted octanol–water partition coefficient (Wildman–Crippen LogP) is 7.27. The van der Waals surface area contributed by atoms with Crippen LogP contribution in [-0.2, 0) is 0 Å². The Morgan fingerprint density at radius 1 is 1.04 bits per heavy atom. The quantitative estimate of drug-likeness (QED) is 0.291. The molecule has 0 unspecified atom stereocenters. The molecule has 1 aromatic carbocycles. The molecule has 0 N–H and O–H groups in total. The van der Waals surface area contributed by atoms with Crippen molar-refractivity contribution in [3.05, 3.63) is 63.9 Å². The van der Waals surface area contributed by atoms with Gasteiger partial charge in [0.25, 0.3) is 0 Å². The van der Waals surface area contributed by atoms with E-state index in [1.165, 1.54) is 56.9 Å². The molecule has 1 saturated carbocycles. The number of unbranched alkanes of at least 4 members (excludes halogenated alkanes) is 2. The van der Waals surface area contributed by atoms with E-state index in [-0.39, 0.29) is 10.7 Å². The normalized spacial score (nSPS) is 19.1. The lowest BCUT2D eigenvalue weighted by Crippen LogP contribution is -2.13. The van der Waals surface area contributed by atoms with E-state index in [0.29, 0.717) is 5.92 Å². The Labute approximate surface area is 171 Å². The molecule has 148 valence electrons. The summed E-state index contributed by atoms with van der Waals surface area (Å²) < 4.78 is 26.3. The largest absolute Gasteiger partial charge is 0.250 e. The van der Waals surface area contributed by atoms with E-state index in [1.807, 2.05) is 12.1 Å². The standard InChI is InChI=1S/C24H26ClF2N/c1-2-3-4-5-17-6-11-19(12-7-17)20-13-8-18(9-14-20)10-15-21-16-22(26)24(27)28-23(21)25/h8-9,13-14,16-17,19H,2-7,11-12H2,1H3. The summed E-state index contributed by atoms with van der Waals surface area (Å²) in [5.74, 6) is 5.01. The Bertz CT molecular complexity index is 843. The van der Waals surface area contributed by atoms with Crippen LogP contribution >= 0.6 is 11.6 Å². The van der Waals surface area contributed by atoms with Gasteiger partial charge in [0.15, 0.2) is 5.82 Å². The zero-order chi connectivity index (χ0) is 19.9. The van der Waals surface area contributed by atoms with Crippen molar-refractivity contribution in [3.63, 3.8) is 0 Å². The van der Waals surface area contributed by atoms with E-state index in [0.717, 1.165) is 17.5 Å². The number of pyridine rings is 1. The minimum absolute atomic E-state index is 0.126. The lowest BCUT2D eigenvalue weighted by Gasteiger charge is -2.29. The monoisotopic (exact) mass is 401 g/mol. The first-order valence-corrected chi connectivity index (χ1v) is 10.6. The Balaban J connectivity index is 1.59.